The van der Waals surface area contributed by atoms with Crippen molar-refractivity contribution in [1.82, 2.24) is 5.32 Å². The van der Waals surface area contributed by atoms with Gasteiger partial charge in [0.15, 0.2) is 0 Å². The molecule has 0 aliphatic carbocycles. The molecule has 0 fully saturated rings. The van der Waals surface area contributed by atoms with Crippen molar-refractivity contribution in [2.45, 2.75) is 6.92 Å². The molecule has 0 aliphatic rings. The number of anilines is 1. The Morgan fingerprint density at radius 2 is 1.94 bits per heavy atom. The summed E-state index contributed by atoms with van der Waals surface area (Å²) in [4.78, 5) is 11.5. The molecule has 0 saturated carbocycles. The van der Waals surface area contributed by atoms with Gasteiger partial charge in [0.2, 0.25) is 5.91 Å². The number of amides is 1. The number of carbonyl (C=O) groups is 1. The highest BCUT2D eigenvalue weighted by Crippen LogP contribution is 2.14. The lowest BCUT2D eigenvalue weighted by atomic mass is 10.3. The molecule has 4 nitrogen and oxygen atoms in total. The van der Waals surface area contributed by atoms with Gasteiger partial charge in [0, 0.05) is 12.2 Å². The molecule has 4 heteroatoms. The molecule has 0 spiro atoms. The van der Waals surface area contributed by atoms with Crippen LogP contribution in [0.2, 0.25) is 0 Å². The lowest BCUT2D eigenvalue weighted by Gasteiger charge is -2.07. The van der Waals surface area contributed by atoms with Crippen molar-refractivity contribution < 1.29 is 9.53 Å². The van der Waals surface area contributed by atoms with Crippen molar-refractivity contribution >= 4 is 11.6 Å². The number of hydrogen-bond donors (Lipinski definition) is 2. The molecule has 17 heavy (non-hydrogen) atoms. The third-order valence-electron chi connectivity index (χ3n) is 2.09. The van der Waals surface area contributed by atoms with Crippen molar-refractivity contribution in [2.24, 2.45) is 0 Å². The number of rotatable bonds is 6. The van der Waals surface area contributed by atoms with Crippen LogP contribution in [0.4, 0.5) is 5.69 Å². The maximum absolute atomic E-state index is 11.5. The van der Waals surface area contributed by atoms with Crippen molar-refractivity contribution in [2.75, 3.05) is 25.5 Å². The van der Waals surface area contributed by atoms with Crippen molar-refractivity contribution in [3.8, 4) is 5.75 Å². The van der Waals surface area contributed by atoms with E-state index in [1.807, 2.05) is 6.92 Å². The summed E-state index contributed by atoms with van der Waals surface area (Å²) < 4.78 is 5.03. The molecular formula is C13H18N2O2. The van der Waals surface area contributed by atoms with E-state index in [4.69, 9.17) is 4.74 Å². The maximum atomic E-state index is 11.5. The van der Waals surface area contributed by atoms with E-state index >= 15 is 0 Å². The minimum atomic E-state index is -0.0728. The summed E-state index contributed by atoms with van der Waals surface area (Å²) in [5.41, 5.74) is 1.76. The van der Waals surface area contributed by atoms with Crippen LogP contribution in [0.15, 0.2) is 36.4 Å². The molecule has 0 bridgehead atoms. The Hall–Kier alpha value is -1.81. The number of benzene rings is 1. The molecule has 92 valence electrons. The van der Waals surface area contributed by atoms with Gasteiger partial charge in [-0.1, -0.05) is 12.2 Å². The zero-order valence-electron chi connectivity index (χ0n) is 10.2. The van der Waals surface area contributed by atoms with Crippen LogP contribution in [0, 0.1) is 0 Å². The Morgan fingerprint density at radius 1 is 1.29 bits per heavy atom. The molecule has 0 unspecified atom stereocenters. The highest BCUT2D eigenvalue weighted by Gasteiger charge is 2.01. The summed E-state index contributed by atoms with van der Waals surface area (Å²) in [5.74, 6) is 0.694. The monoisotopic (exact) mass is 234 g/mol. The van der Waals surface area contributed by atoms with Crippen LogP contribution >= 0.6 is 0 Å². The molecule has 2 N–H and O–H groups in total. The molecule has 0 atom stereocenters. The van der Waals surface area contributed by atoms with E-state index in [2.05, 4.69) is 17.2 Å². The number of ether oxygens (including phenoxy) is 1. The van der Waals surface area contributed by atoms with Gasteiger partial charge in [-0.25, -0.2) is 0 Å². The molecular weight excluding hydrogens is 216 g/mol. The van der Waals surface area contributed by atoms with E-state index in [-0.39, 0.29) is 12.5 Å². The third kappa shape index (κ3) is 5.17. The number of methoxy groups -OCH3 is 1. The molecule has 1 amide bonds. The minimum Gasteiger partial charge on any atom is -0.497 e. The van der Waals surface area contributed by atoms with E-state index in [0.29, 0.717) is 6.54 Å². The van der Waals surface area contributed by atoms with E-state index in [1.54, 1.807) is 31.4 Å². The first-order chi connectivity index (χ1) is 8.11. The van der Waals surface area contributed by atoms with Gasteiger partial charge < -0.3 is 15.4 Å². The number of nitrogens with one attached hydrogen (secondary N) is 2. The standard InChI is InChI=1S/C13H18N2O2/c1-10(2)8-14-9-13(16)15-11-4-6-12(17-3)7-5-11/h4-7,14H,1,8-9H2,2-3H3,(H,15,16). The largest absolute Gasteiger partial charge is 0.497 e. The second-order valence-electron chi connectivity index (χ2n) is 3.84. The SMILES string of the molecule is C=C(C)CNCC(=O)Nc1ccc(OC)cc1. The third-order valence-corrected chi connectivity index (χ3v) is 2.09. The van der Waals surface area contributed by atoms with Gasteiger partial charge in [0.05, 0.1) is 13.7 Å². The topological polar surface area (TPSA) is 50.4 Å². The summed E-state index contributed by atoms with van der Waals surface area (Å²) in [6, 6.07) is 7.21. The fraction of sp³-hybridized carbons (Fsp3) is 0.308. The molecule has 0 saturated heterocycles. The van der Waals surface area contributed by atoms with Gasteiger partial charge in [0.25, 0.3) is 0 Å². The van der Waals surface area contributed by atoms with Crippen molar-refractivity contribution in [3.63, 3.8) is 0 Å². The van der Waals surface area contributed by atoms with Gasteiger partial charge >= 0.3 is 0 Å². The molecule has 0 heterocycles. The second kappa shape index (κ2) is 6.70. The normalized spacial score (nSPS) is 9.76. The van der Waals surface area contributed by atoms with E-state index < -0.39 is 0 Å². The first-order valence-corrected chi connectivity index (χ1v) is 5.41. The van der Waals surface area contributed by atoms with E-state index in [0.717, 1.165) is 17.0 Å². The molecule has 0 radical (unpaired) electrons. The van der Waals surface area contributed by atoms with Crippen LogP contribution in [0.5, 0.6) is 5.75 Å². The highest BCUT2D eigenvalue weighted by atomic mass is 16.5. The molecule has 0 aromatic heterocycles. The fourth-order valence-electron chi connectivity index (χ4n) is 1.27. The average Bonchev–Trinajstić information content (AvgIpc) is 2.29. The van der Waals surface area contributed by atoms with Crippen LogP contribution in [0.25, 0.3) is 0 Å². The zero-order valence-corrected chi connectivity index (χ0v) is 10.2. The predicted molar refractivity (Wildman–Crippen MR) is 69.3 cm³/mol. The summed E-state index contributed by atoms with van der Waals surface area (Å²) in [6.45, 7) is 6.58. The Balaban J connectivity index is 2.37. The minimum absolute atomic E-state index is 0.0728. The van der Waals surface area contributed by atoms with Crippen LogP contribution in [0.1, 0.15) is 6.92 Å². The lowest BCUT2D eigenvalue weighted by molar-refractivity contribution is -0.115. The average molecular weight is 234 g/mol. The summed E-state index contributed by atoms with van der Waals surface area (Å²) >= 11 is 0. The van der Waals surface area contributed by atoms with Crippen LogP contribution < -0.4 is 15.4 Å². The predicted octanol–water partition coefficient (Wildman–Crippen LogP) is 1.80. The molecule has 1 rings (SSSR count). The van der Waals surface area contributed by atoms with Crippen LogP contribution in [0.3, 0.4) is 0 Å². The quantitative estimate of drug-likeness (QED) is 0.738. The maximum Gasteiger partial charge on any atom is 0.238 e. The molecule has 0 aliphatic heterocycles. The Labute approximate surface area is 102 Å². The zero-order chi connectivity index (χ0) is 12.7. The summed E-state index contributed by atoms with van der Waals surface area (Å²) in [7, 11) is 1.61. The molecule has 1 aromatic rings. The number of hydrogen-bond acceptors (Lipinski definition) is 3. The van der Waals surface area contributed by atoms with Gasteiger partial charge in [-0.05, 0) is 31.2 Å². The first-order valence-electron chi connectivity index (χ1n) is 5.41. The van der Waals surface area contributed by atoms with Crippen molar-refractivity contribution in [3.05, 3.63) is 36.4 Å². The number of carbonyl (C=O) groups excluding carboxylic acids is 1. The Morgan fingerprint density at radius 3 is 2.47 bits per heavy atom. The Kier molecular flexibility index (Phi) is 5.23. The summed E-state index contributed by atoms with van der Waals surface area (Å²) in [6.07, 6.45) is 0. The van der Waals surface area contributed by atoms with Crippen LogP contribution in [-0.4, -0.2) is 26.1 Å². The van der Waals surface area contributed by atoms with E-state index in [1.165, 1.54) is 0 Å². The fourth-order valence-corrected chi connectivity index (χ4v) is 1.27. The van der Waals surface area contributed by atoms with Gasteiger partial charge in [0.1, 0.15) is 5.75 Å². The second-order valence-corrected chi connectivity index (χ2v) is 3.84. The lowest BCUT2D eigenvalue weighted by Crippen LogP contribution is -2.28. The van der Waals surface area contributed by atoms with E-state index in [9.17, 15) is 4.79 Å². The summed E-state index contributed by atoms with van der Waals surface area (Å²) in [5, 5.41) is 5.77. The van der Waals surface area contributed by atoms with Gasteiger partial charge in [-0.2, -0.15) is 0 Å². The Bertz CT molecular complexity index is 385. The smallest absolute Gasteiger partial charge is 0.238 e. The first kappa shape index (κ1) is 13.3. The van der Waals surface area contributed by atoms with Crippen molar-refractivity contribution in [1.29, 1.82) is 0 Å². The van der Waals surface area contributed by atoms with Gasteiger partial charge in [-0.15, -0.1) is 0 Å². The highest BCUT2D eigenvalue weighted by molar-refractivity contribution is 5.92. The molecule has 1 aromatic carbocycles. The van der Waals surface area contributed by atoms with Crippen LogP contribution in [-0.2, 0) is 4.79 Å². The van der Waals surface area contributed by atoms with Gasteiger partial charge in [-0.3, -0.25) is 4.79 Å².